The summed E-state index contributed by atoms with van der Waals surface area (Å²) in [4.78, 5) is 18.6. The Morgan fingerprint density at radius 1 is 1.24 bits per heavy atom. The number of nitrogens with one attached hydrogen (secondary N) is 2. The molecule has 25 heavy (non-hydrogen) atoms. The Hall–Kier alpha value is -2.60. The second-order valence-corrected chi connectivity index (χ2v) is 6.24. The van der Waals surface area contributed by atoms with E-state index in [-0.39, 0.29) is 12.1 Å². The number of hydrogen-bond donors (Lipinski definition) is 2. The predicted octanol–water partition coefficient (Wildman–Crippen LogP) is 2.88. The van der Waals surface area contributed by atoms with E-state index in [9.17, 15) is 4.79 Å². The molecule has 0 radical (unpaired) electrons. The topological polar surface area (TPSA) is 66.5 Å². The van der Waals surface area contributed by atoms with Gasteiger partial charge in [0, 0.05) is 49.8 Å². The van der Waals surface area contributed by atoms with Crippen molar-refractivity contribution in [1.29, 1.82) is 0 Å². The van der Waals surface area contributed by atoms with Crippen molar-refractivity contribution in [3.8, 4) is 5.75 Å². The molecule has 2 aromatic rings. The minimum absolute atomic E-state index is 0.166. The summed E-state index contributed by atoms with van der Waals surface area (Å²) in [6.07, 6.45) is 5.56. The van der Waals surface area contributed by atoms with Gasteiger partial charge in [-0.05, 0) is 42.7 Å². The van der Waals surface area contributed by atoms with E-state index in [0.717, 1.165) is 43.9 Å². The Kier molecular flexibility index (Phi) is 5.85. The van der Waals surface area contributed by atoms with E-state index in [4.69, 9.17) is 4.74 Å². The molecule has 1 fully saturated rings. The van der Waals surface area contributed by atoms with Gasteiger partial charge in [0.25, 0.3) is 0 Å². The zero-order valence-corrected chi connectivity index (χ0v) is 14.4. The molecule has 132 valence electrons. The van der Waals surface area contributed by atoms with Crippen LogP contribution in [0.5, 0.6) is 5.75 Å². The van der Waals surface area contributed by atoms with Crippen molar-refractivity contribution in [2.45, 2.75) is 25.4 Å². The Morgan fingerprint density at radius 3 is 2.72 bits per heavy atom. The molecule has 1 saturated heterocycles. The molecular formula is C19H24N4O2. The molecule has 0 unspecified atom stereocenters. The maximum atomic E-state index is 12.2. The van der Waals surface area contributed by atoms with Gasteiger partial charge < -0.3 is 15.4 Å². The van der Waals surface area contributed by atoms with Gasteiger partial charge in [0.2, 0.25) is 0 Å². The number of likely N-dealkylation sites (tertiary alicyclic amines) is 1. The standard InChI is InChI=1S/C19H24N4O2/c1-25-18-4-2-3-17(13-18)22-19(24)21-16-7-11-23(12-8-16)14-15-5-9-20-10-6-15/h2-6,9-10,13,16H,7-8,11-12,14H2,1H3,(H2,21,22,24). The normalized spacial score (nSPS) is 15.6. The number of benzene rings is 1. The largest absolute Gasteiger partial charge is 0.497 e. The summed E-state index contributed by atoms with van der Waals surface area (Å²) in [7, 11) is 1.61. The third kappa shape index (κ3) is 5.19. The second kappa shape index (κ2) is 8.48. The molecule has 0 spiro atoms. The van der Waals surface area contributed by atoms with Crippen molar-refractivity contribution in [3.05, 3.63) is 54.4 Å². The third-order valence-corrected chi connectivity index (χ3v) is 4.41. The van der Waals surface area contributed by atoms with Crippen LogP contribution < -0.4 is 15.4 Å². The van der Waals surface area contributed by atoms with Gasteiger partial charge >= 0.3 is 6.03 Å². The number of carbonyl (C=O) groups is 1. The van der Waals surface area contributed by atoms with Gasteiger partial charge in [-0.25, -0.2) is 4.79 Å². The van der Waals surface area contributed by atoms with Gasteiger partial charge in [-0.15, -0.1) is 0 Å². The highest BCUT2D eigenvalue weighted by Crippen LogP contribution is 2.17. The summed E-state index contributed by atoms with van der Waals surface area (Å²) in [6.45, 7) is 2.89. The molecule has 2 amide bonds. The molecule has 2 N–H and O–H groups in total. The van der Waals surface area contributed by atoms with Crippen LogP contribution in [-0.2, 0) is 6.54 Å². The molecule has 0 aliphatic carbocycles. The van der Waals surface area contributed by atoms with E-state index >= 15 is 0 Å². The van der Waals surface area contributed by atoms with Crippen molar-refractivity contribution in [2.24, 2.45) is 0 Å². The lowest BCUT2D eigenvalue weighted by Gasteiger charge is -2.32. The van der Waals surface area contributed by atoms with Gasteiger partial charge in [0.15, 0.2) is 0 Å². The smallest absolute Gasteiger partial charge is 0.319 e. The van der Waals surface area contributed by atoms with Crippen molar-refractivity contribution in [1.82, 2.24) is 15.2 Å². The predicted molar refractivity (Wildman–Crippen MR) is 97.7 cm³/mol. The molecule has 0 bridgehead atoms. The first kappa shape index (κ1) is 17.2. The summed E-state index contributed by atoms with van der Waals surface area (Å²) in [5, 5.41) is 5.93. The molecule has 2 heterocycles. The number of amides is 2. The Morgan fingerprint density at radius 2 is 2.00 bits per heavy atom. The lowest BCUT2D eigenvalue weighted by molar-refractivity contribution is 0.190. The number of rotatable bonds is 5. The average molecular weight is 340 g/mol. The Bertz CT molecular complexity index is 685. The number of anilines is 1. The molecule has 0 saturated carbocycles. The molecule has 3 rings (SSSR count). The van der Waals surface area contributed by atoms with Crippen LogP contribution in [0, 0.1) is 0 Å². The number of hydrogen-bond acceptors (Lipinski definition) is 4. The number of methoxy groups -OCH3 is 1. The first-order valence-electron chi connectivity index (χ1n) is 8.56. The lowest BCUT2D eigenvalue weighted by Crippen LogP contribution is -2.45. The minimum atomic E-state index is -0.166. The highest BCUT2D eigenvalue weighted by atomic mass is 16.5. The molecule has 1 aromatic heterocycles. The van der Waals surface area contributed by atoms with Crippen LogP contribution in [0.3, 0.4) is 0 Å². The number of ether oxygens (including phenoxy) is 1. The summed E-state index contributed by atoms with van der Waals surface area (Å²) in [5.41, 5.74) is 2.00. The van der Waals surface area contributed by atoms with Crippen LogP contribution in [0.15, 0.2) is 48.8 Å². The Labute approximate surface area is 148 Å². The van der Waals surface area contributed by atoms with Gasteiger partial charge in [0.05, 0.1) is 7.11 Å². The average Bonchev–Trinajstić information content (AvgIpc) is 2.64. The SMILES string of the molecule is COc1cccc(NC(=O)NC2CCN(Cc3ccncc3)CC2)c1. The van der Waals surface area contributed by atoms with Crippen LogP contribution in [0.2, 0.25) is 0 Å². The van der Waals surface area contributed by atoms with Crippen LogP contribution in [0.25, 0.3) is 0 Å². The van der Waals surface area contributed by atoms with Gasteiger partial charge in [-0.2, -0.15) is 0 Å². The third-order valence-electron chi connectivity index (χ3n) is 4.41. The second-order valence-electron chi connectivity index (χ2n) is 6.24. The first-order valence-corrected chi connectivity index (χ1v) is 8.56. The van der Waals surface area contributed by atoms with E-state index in [0.29, 0.717) is 0 Å². The van der Waals surface area contributed by atoms with Gasteiger partial charge in [0.1, 0.15) is 5.75 Å². The Balaban J connectivity index is 1.43. The van der Waals surface area contributed by atoms with Crippen molar-refractivity contribution in [3.63, 3.8) is 0 Å². The van der Waals surface area contributed by atoms with Crippen LogP contribution in [-0.4, -0.2) is 42.2 Å². The maximum absolute atomic E-state index is 12.2. The van der Waals surface area contributed by atoms with Gasteiger partial charge in [-0.3, -0.25) is 9.88 Å². The molecule has 0 atom stereocenters. The number of aromatic nitrogens is 1. The highest BCUT2D eigenvalue weighted by Gasteiger charge is 2.20. The highest BCUT2D eigenvalue weighted by molar-refractivity contribution is 5.89. The van der Waals surface area contributed by atoms with E-state index in [1.165, 1.54) is 5.56 Å². The summed E-state index contributed by atoms with van der Waals surface area (Å²) < 4.78 is 5.17. The van der Waals surface area contributed by atoms with Crippen LogP contribution in [0.1, 0.15) is 18.4 Å². The summed E-state index contributed by atoms with van der Waals surface area (Å²) in [6, 6.07) is 11.5. The minimum Gasteiger partial charge on any atom is -0.497 e. The number of carbonyl (C=O) groups excluding carboxylic acids is 1. The van der Waals surface area contributed by atoms with Crippen molar-refractivity contribution in [2.75, 3.05) is 25.5 Å². The molecular weight excluding hydrogens is 316 g/mol. The number of urea groups is 1. The lowest BCUT2D eigenvalue weighted by atomic mass is 10.0. The summed E-state index contributed by atoms with van der Waals surface area (Å²) in [5.74, 6) is 0.724. The van der Waals surface area contributed by atoms with Gasteiger partial charge in [-0.1, -0.05) is 6.07 Å². The molecule has 6 nitrogen and oxygen atoms in total. The summed E-state index contributed by atoms with van der Waals surface area (Å²) >= 11 is 0. The van der Waals surface area contributed by atoms with Crippen LogP contribution >= 0.6 is 0 Å². The van der Waals surface area contributed by atoms with Crippen molar-refractivity contribution < 1.29 is 9.53 Å². The quantitative estimate of drug-likeness (QED) is 0.878. The molecule has 1 aliphatic heterocycles. The number of pyridine rings is 1. The first-order chi connectivity index (χ1) is 12.2. The molecule has 1 aliphatic rings. The fourth-order valence-electron chi connectivity index (χ4n) is 3.04. The van der Waals surface area contributed by atoms with E-state index in [2.05, 4.69) is 20.5 Å². The van der Waals surface area contributed by atoms with Crippen molar-refractivity contribution >= 4 is 11.7 Å². The van der Waals surface area contributed by atoms with E-state index in [1.807, 2.05) is 42.7 Å². The number of piperidine rings is 1. The fourth-order valence-corrected chi connectivity index (χ4v) is 3.04. The monoisotopic (exact) mass is 340 g/mol. The zero-order chi connectivity index (χ0) is 17.5. The van der Waals surface area contributed by atoms with E-state index < -0.39 is 0 Å². The molecule has 1 aromatic carbocycles. The molecule has 6 heteroatoms. The van der Waals surface area contributed by atoms with Crippen LogP contribution in [0.4, 0.5) is 10.5 Å². The van der Waals surface area contributed by atoms with E-state index in [1.54, 1.807) is 13.2 Å². The number of nitrogens with zero attached hydrogens (tertiary/aromatic N) is 2. The maximum Gasteiger partial charge on any atom is 0.319 e. The zero-order valence-electron chi connectivity index (χ0n) is 14.4. The fraction of sp³-hybridized carbons (Fsp3) is 0.368.